The second kappa shape index (κ2) is 7.64. The third-order valence-corrected chi connectivity index (χ3v) is 4.56. The SMILES string of the molecule is COCCOCCCC1(CBr)CCCC1. The van der Waals surface area contributed by atoms with Crippen molar-refractivity contribution in [3.05, 3.63) is 0 Å². The molecule has 0 N–H and O–H groups in total. The second-order valence-electron chi connectivity index (χ2n) is 4.55. The van der Waals surface area contributed by atoms with Crippen molar-refractivity contribution in [3.63, 3.8) is 0 Å². The van der Waals surface area contributed by atoms with Gasteiger partial charge in [-0.15, -0.1) is 0 Å². The molecule has 1 saturated carbocycles. The summed E-state index contributed by atoms with van der Waals surface area (Å²) in [5.41, 5.74) is 0.588. The Labute approximate surface area is 102 Å². The highest BCUT2D eigenvalue weighted by atomic mass is 79.9. The van der Waals surface area contributed by atoms with Crippen LogP contribution in [0.25, 0.3) is 0 Å². The van der Waals surface area contributed by atoms with Gasteiger partial charge in [0.25, 0.3) is 0 Å². The minimum absolute atomic E-state index is 0.588. The van der Waals surface area contributed by atoms with Crippen LogP contribution in [0.4, 0.5) is 0 Å². The molecule has 0 aromatic carbocycles. The minimum Gasteiger partial charge on any atom is -0.382 e. The third kappa shape index (κ3) is 4.83. The standard InChI is InChI=1S/C12H23BrO2/c1-14-9-10-15-8-4-7-12(11-13)5-2-3-6-12/h2-11H2,1H3. The molecule has 3 heteroatoms. The van der Waals surface area contributed by atoms with E-state index in [4.69, 9.17) is 9.47 Å². The Morgan fingerprint density at radius 1 is 1.13 bits per heavy atom. The van der Waals surface area contributed by atoms with Crippen LogP contribution in [0.2, 0.25) is 0 Å². The molecule has 15 heavy (non-hydrogen) atoms. The quantitative estimate of drug-likeness (QED) is 0.501. The predicted molar refractivity (Wildman–Crippen MR) is 66.6 cm³/mol. The van der Waals surface area contributed by atoms with Gasteiger partial charge < -0.3 is 9.47 Å². The van der Waals surface area contributed by atoms with Crippen molar-refractivity contribution in [3.8, 4) is 0 Å². The van der Waals surface area contributed by atoms with Crippen molar-refractivity contribution in [2.45, 2.75) is 38.5 Å². The van der Waals surface area contributed by atoms with Crippen LogP contribution in [0.15, 0.2) is 0 Å². The van der Waals surface area contributed by atoms with E-state index in [0.717, 1.165) is 18.5 Å². The largest absolute Gasteiger partial charge is 0.382 e. The van der Waals surface area contributed by atoms with E-state index < -0.39 is 0 Å². The van der Waals surface area contributed by atoms with E-state index in [9.17, 15) is 0 Å². The first kappa shape index (κ1) is 13.5. The van der Waals surface area contributed by atoms with Crippen LogP contribution in [0.1, 0.15) is 38.5 Å². The van der Waals surface area contributed by atoms with Crippen LogP contribution in [0.5, 0.6) is 0 Å². The minimum atomic E-state index is 0.588. The van der Waals surface area contributed by atoms with Crippen LogP contribution in [0.3, 0.4) is 0 Å². The summed E-state index contributed by atoms with van der Waals surface area (Å²) < 4.78 is 10.4. The van der Waals surface area contributed by atoms with E-state index in [1.807, 2.05) is 0 Å². The number of hydrogen-bond acceptors (Lipinski definition) is 2. The third-order valence-electron chi connectivity index (χ3n) is 3.38. The topological polar surface area (TPSA) is 18.5 Å². The Morgan fingerprint density at radius 2 is 1.87 bits per heavy atom. The van der Waals surface area contributed by atoms with Gasteiger partial charge in [-0.25, -0.2) is 0 Å². The maximum Gasteiger partial charge on any atom is 0.0700 e. The molecule has 0 amide bonds. The molecule has 0 aliphatic heterocycles. The summed E-state index contributed by atoms with van der Waals surface area (Å²) >= 11 is 3.67. The summed E-state index contributed by atoms with van der Waals surface area (Å²) in [5, 5.41) is 1.16. The van der Waals surface area contributed by atoms with Gasteiger partial charge in [0.2, 0.25) is 0 Å². The van der Waals surface area contributed by atoms with Crippen molar-refractivity contribution >= 4 is 15.9 Å². The molecule has 1 aliphatic rings. The lowest BCUT2D eigenvalue weighted by Gasteiger charge is -2.26. The van der Waals surface area contributed by atoms with Crippen molar-refractivity contribution in [2.75, 3.05) is 32.3 Å². The zero-order chi connectivity index (χ0) is 11.0. The number of ether oxygens (including phenoxy) is 2. The number of alkyl halides is 1. The van der Waals surface area contributed by atoms with Crippen LogP contribution in [-0.2, 0) is 9.47 Å². The smallest absolute Gasteiger partial charge is 0.0700 e. The fraction of sp³-hybridized carbons (Fsp3) is 1.00. The summed E-state index contributed by atoms with van der Waals surface area (Å²) in [5.74, 6) is 0. The van der Waals surface area contributed by atoms with E-state index >= 15 is 0 Å². The van der Waals surface area contributed by atoms with Gasteiger partial charge in [-0.2, -0.15) is 0 Å². The van der Waals surface area contributed by atoms with Crippen LogP contribution in [-0.4, -0.2) is 32.3 Å². The molecule has 0 heterocycles. The fourth-order valence-corrected chi connectivity index (χ4v) is 3.21. The molecule has 0 radical (unpaired) electrons. The van der Waals surface area contributed by atoms with Gasteiger partial charge in [-0.3, -0.25) is 0 Å². The lowest BCUT2D eigenvalue weighted by Crippen LogP contribution is -2.19. The Bertz CT molecular complexity index is 156. The summed E-state index contributed by atoms with van der Waals surface area (Å²) in [6.45, 7) is 2.33. The van der Waals surface area contributed by atoms with E-state index in [1.165, 1.54) is 38.5 Å². The molecule has 0 atom stereocenters. The number of hydrogen-bond donors (Lipinski definition) is 0. The molecule has 0 spiro atoms. The lowest BCUT2D eigenvalue weighted by atomic mass is 9.84. The van der Waals surface area contributed by atoms with Crippen molar-refractivity contribution in [2.24, 2.45) is 5.41 Å². The lowest BCUT2D eigenvalue weighted by molar-refractivity contribution is 0.0646. The summed E-state index contributed by atoms with van der Waals surface area (Å²) in [4.78, 5) is 0. The predicted octanol–water partition coefficient (Wildman–Crippen LogP) is 3.38. The van der Waals surface area contributed by atoms with E-state index in [-0.39, 0.29) is 0 Å². The zero-order valence-corrected chi connectivity index (χ0v) is 11.4. The van der Waals surface area contributed by atoms with E-state index in [0.29, 0.717) is 12.0 Å². The second-order valence-corrected chi connectivity index (χ2v) is 5.11. The fourth-order valence-electron chi connectivity index (χ4n) is 2.37. The normalized spacial score (nSPS) is 19.6. The van der Waals surface area contributed by atoms with E-state index in [2.05, 4.69) is 15.9 Å². The molecule has 0 saturated heterocycles. The molecular weight excluding hydrogens is 256 g/mol. The average Bonchev–Trinajstić information content (AvgIpc) is 2.73. The number of halogens is 1. The first-order chi connectivity index (χ1) is 7.33. The highest BCUT2D eigenvalue weighted by molar-refractivity contribution is 9.09. The average molecular weight is 279 g/mol. The van der Waals surface area contributed by atoms with Gasteiger partial charge in [-0.05, 0) is 31.1 Å². The van der Waals surface area contributed by atoms with Crippen LogP contribution in [0, 0.1) is 5.41 Å². The Morgan fingerprint density at radius 3 is 2.47 bits per heavy atom. The Balaban J connectivity index is 2.02. The van der Waals surface area contributed by atoms with Crippen molar-refractivity contribution in [1.82, 2.24) is 0 Å². The molecule has 1 rings (SSSR count). The van der Waals surface area contributed by atoms with Crippen molar-refractivity contribution in [1.29, 1.82) is 0 Å². The maximum atomic E-state index is 5.48. The summed E-state index contributed by atoms with van der Waals surface area (Å²) in [6, 6.07) is 0. The molecule has 0 bridgehead atoms. The van der Waals surface area contributed by atoms with Crippen LogP contribution < -0.4 is 0 Å². The molecule has 90 valence electrons. The van der Waals surface area contributed by atoms with Gasteiger partial charge in [0.1, 0.15) is 0 Å². The first-order valence-corrected chi connectivity index (χ1v) is 7.08. The highest BCUT2D eigenvalue weighted by Gasteiger charge is 2.31. The molecule has 0 aromatic heterocycles. The van der Waals surface area contributed by atoms with Crippen molar-refractivity contribution < 1.29 is 9.47 Å². The molecule has 0 aromatic rings. The first-order valence-electron chi connectivity index (χ1n) is 5.96. The van der Waals surface area contributed by atoms with Gasteiger partial charge in [0.05, 0.1) is 13.2 Å². The highest BCUT2D eigenvalue weighted by Crippen LogP contribution is 2.43. The van der Waals surface area contributed by atoms with Gasteiger partial charge in [-0.1, -0.05) is 28.8 Å². The zero-order valence-electron chi connectivity index (χ0n) is 9.77. The van der Waals surface area contributed by atoms with Gasteiger partial charge >= 0.3 is 0 Å². The molecule has 1 aliphatic carbocycles. The van der Waals surface area contributed by atoms with E-state index in [1.54, 1.807) is 7.11 Å². The number of rotatable bonds is 8. The molecule has 2 nitrogen and oxygen atoms in total. The Kier molecular flexibility index (Phi) is 6.86. The monoisotopic (exact) mass is 278 g/mol. The van der Waals surface area contributed by atoms with Gasteiger partial charge in [0, 0.05) is 19.0 Å². The maximum absolute atomic E-state index is 5.48. The molecular formula is C12H23BrO2. The molecule has 0 unspecified atom stereocenters. The summed E-state index contributed by atoms with van der Waals surface area (Å²) in [6.07, 6.45) is 8.12. The Hall–Kier alpha value is 0.400. The van der Waals surface area contributed by atoms with Gasteiger partial charge in [0.15, 0.2) is 0 Å². The number of methoxy groups -OCH3 is 1. The summed E-state index contributed by atoms with van der Waals surface area (Å²) in [7, 11) is 1.71. The van der Waals surface area contributed by atoms with Crippen LogP contribution >= 0.6 is 15.9 Å². The molecule has 1 fully saturated rings.